The summed E-state index contributed by atoms with van der Waals surface area (Å²) in [6.45, 7) is 0. The molecule has 0 heterocycles. The number of hydrogen-bond acceptors (Lipinski definition) is 1. The molecule has 2 heteroatoms. The Hall–Kier alpha value is -1.07. The summed E-state index contributed by atoms with van der Waals surface area (Å²) in [5.41, 5.74) is 3.70. The Morgan fingerprint density at radius 3 is 2.60 bits per heavy atom. The third kappa shape index (κ3) is 2.49. The monoisotopic (exact) mass is 261 g/mol. The minimum Gasteiger partial charge on any atom is -0.193 e. The zero-order valence-electron chi connectivity index (χ0n) is 8.46. The fourth-order valence-corrected chi connectivity index (χ4v) is 2.42. The number of rotatable bonds is 1. The van der Waals surface area contributed by atoms with Crippen molar-refractivity contribution in [2.75, 3.05) is 0 Å². The zero-order valence-corrected chi connectivity index (χ0v) is 10.0. The van der Waals surface area contributed by atoms with Gasteiger partial charge in [0.2, 0.25) is 0 Å². The first-order valence-corrected chi connectivity index (χ1v) is 5.95. The van der Waals surface area contributed by atoms with E-state index in [4.69, 9.17) is 5.26 Å². The summed E-state index contributed by atoms with van der Waals surface area (Å²) >= 11 is 3.51. The van der Waals surface area contributed by atoms with Crippen molar-refractivity contribution in [3.05, 3.63) is 45.5 Å². The fraction of sp³-hybridized carbons (Fsp3) is 0.308. The molecule has 0 aliphatic heterocycles. The maximum absolute atomic E-state index is 8.75. The molecule has 0 saturated heterocycles. The van der Waals surface area contributed by atoms with Crippen molar-refractivity contribution >= 4 is 15.9 Å². The Morgan fingerprint density at radius 1 is 1.13 bits per heavy atom. The molecule has 15 heavy (non-hydrogen) atoms. The van der Waals surface area contributed by atoms with E-state index in [-0.39, 0.29) is 0 Å². The molecule has 0 spiro atoms. The van der Waals surface area contributed by atoms with E-state index in [1.54, 1.807) is 0 Å². The van der Waals surface area contributed by atoms with E-state index >= 15 is 0 Å². The molecule has 2 aliphatic rings. The third-order valence-electron chi connectivity index (χ3n) is 2.77. The van der Waals surface area contributed by atoms with Crippen molar-refractivity contribution in [1.29, 1.82) is 5.26 Å². The predicted octanol–water partition coefficient (Wildman–Crippen LogP) is 4.16. The molecule has 0 radical (unpaired) electrons. The molecule has 1 nitrogen and oxygen atoms in total. The molecule has 2 rings (SSSR count). The van der Waals surface area contributed by atoms with Gasteiger partial charge in [0.25, 0.3) is 0 Å². The lowest BCUT2D eigenvalue weighted by Gasteiger charge is -2.16. The van der Waals surface area contributed by atoms with E-state index in [0.717, 1.165) is 31.3 Å². The highest BCUT2D eigenvalue weighted by molar-refractivity contribution is 9.11. The third-order valence-corrected chi connectivity index (χ3v) is 3.32. The summed E-state index contributed by atoms with van der Waals surface area (Å²) < 4.78 is 1.18. The van der Waals surface area contributed by atoms with Crippen LogP contribution in [0, 0.1) is 11.3 Å². The standard InChI is InChI=1S/C13H12BrN/c14-13-3-1-2-12(8-13)11-6-4-10(9-15)5-7-11/h3-4,6,8H,1-2,5,7H2. The maximum atomic E-state index is 8.75. The normalized spacial score (nSPS) is 20.8. The summed E-state index contributed by atoms with van der Waals surface area (Å²) in [6.07, 6.45) is 12.6. The lowest BCUT2D eigenvalue weighted by molar-refractivity contribution is 0.882. The molecular formula is C13H12BrN. The van der Waals surface area contributed by atoms with Gasteiger partial charge in [-0.15, -0.1) is 0 Å². The van der Waals surface area contributed by atoms with Crippen LogP contribution in [-0.4, -0.2) is 0 Å². The quantitative estimate of drug-likeness (QED) is 0.696. The molecule has 0 saturated carbocycles. The van der Waals surface area contributed by atoms with Crippen LogP contribution in [0.1, 0.15) is 25.7 Å². The van der Waals surface area contributed by atoms with Crippen LogP contribution in [0.4, 0.5) is 0 Å². The maximum Gasteiger partial charge on any atom is 0.0947 e. The average Bonchev–Trinajstić information content (AvgIpc) is 2.29. The first-order valence-electron chi connectivity index (χ1n) is 5.16. The second-order valence-corrected chi connectivity index (χ2v) is 4.71. The summed E-state index contributed by atoms with van der Waals surface area (Å²) in [5, 5.41) is 8.75. The van der Waals surface area contributed by atoms with Gasteiger partial charge in [-0.1, -0.05) is 28.1 Å². The summed E-state index contributed by atoms with van der Waals surface area (Å²) in [6, 6.07) is 2.21. The van der Waals surface area contributed by atoms with Gasteiger partial charge in [0.05, 0.1) is 6.07 Å². The van der Waals surface area contributed by atoms with Crippen LogP contribution in [0.25, 0.3) is 0 Å². The first kappa shape index (κ1) is 10.4. The minimum absolute atomic E-state index is 0.890. The molecule has 0 N–H and O–H groups in total. The highest BCUT2D eigenvalue weighted by atomic mass is 79.9. The van der Waals surface area contributed by atoms with Gasteiger partial charge in [0.1, 0.15) is 0 Å². The van der Waals surface area contributed by atoms with E-state index < -0.39 is 0 Å². The molecular weight excluding hydrogens is 250 g/mol. The lowest BCUT2D eigenvalue weighted by Crippen LogP contribution is -1.98. The van der Waals surface area contributed by atoms with Crippen LogP contribution >= 0.6 is 15.9 Å². The summed E-state index contributed by atoms with van der Waals surface area (Å²) in [5.74, 6) is 0. The number of halogens is 1. The molecule has 2 aliphatic carbocycles. The predicted molar refractivity (Wildman–Crippen MR) is 65.3 cm³/mol. The number of nitrogens with zero attached hydrogens (tertiary/aromatic N) is 1. The van der Waals surface area contributed by atoms with Gasteiger partial charge in [0, 0.05) is 10.1 Å². The van der Waals surface area contributed by atoms with Crippen LogP contribution in [0.5, 0.6) is 0 Å². The fourth-order valence-electron chi connectivity index (χ4n) is 1.91. The Kier molecular flexibility index (Phi) is 3.23. The Labute approximate surface area is 98.6 Å². The summed E-state index contributed by atoms with van der Waals surface area (Å²) in [7, 11) is 0. The van der Waals surface area contributed by atoms with Gasteiger partial charge in [-0.3, -0.25) is 0 Å². The van der Waals surface area contributed by atoms with Crippen molar-refractivity contribution in [2.45, 2.75) is 25.7 Å². The van der Waals surface area contributed by atoms with Crippen molar-refractivity contribution in [2.24, 2.45) is 0 Å². The zero-order chi connectivity index (χ0) is 10.7. The smallest absolute Gasteiger partial charge is 0.0947 e. The second kappa shape index (κ2) is 4.63. The molecule has 0 unspecified atom stereocenters. The van der Waals surface area contributed by atoms with Crippen LogP contribution in [0.3, 0.4) is 0 Å². The largest absolute Gasteiger partial charge is 0.193 e. The molecule has 0 bridgehead atoms. The number of nitriles is 1. The Bertz CT molecular complexity index is 430. The molecule has 0 atom stereocenters. The Balaban J connectivity index is 2.20. The van der Waals surface area contributed by atoms with Crippen molar-refractivity contribution in [1.82, 2.24) is 0 Å². The molecule has 0 aromatic rings. The van der Waals surface area contributed by atoms with E-state index in [9.17, 15) is 0 Å². The van der Waals surface area contributed by atoms with Crippen molar-refractivity contribution in [3.8, 4) is 6.07 Å². The SMILES string of the molecule is N#CC1=CC=C(C2=CC(Br)=CCC2)CC1. The van der Waals surface area contributed by atoms with Gasteiger partial charge in [-0.25, -0.2) is 0 Å². The van der Waals surface area contributed by atoms with E-state index in [0.29, 0.717) is 0 Å². The van der Waals surface area contributed by atoms with Crippen LogP contribution < -0.4 is 0 Å². The molecule has 0 aromatic heterocycles. The van der Waals surface area contributed by atoms with Crippen LogP contribution in [0.15, 0.2) is 45.5 Å². The number of allylic oxidation sites excluding steroid dienone is 8. The van der Waals surface area contributed by atoms with Crippen LogP contribution in [-0.2, 0) is 0 Å². The average molecular weight is 262 g/mol. The Morgan fingerprint density at radius 2 is 2.00 bits per heavy atom. The van der Waals surface area contributed by atoms with Gasteiger partial charge in [-0.05, 0) is 49.0 Å². The first-order chi connectivity index (χ1) is 7.29. The van der Waals surface area contributed by atoms with Gasteiger partial charge < -0.3 is 0 Å². The second-order valence-electron chi connectivity index (χ2n) is 3.79. The summed E-state index contributed by atoms with van der Waals surface area (Å²) in [4.78, 5) is 0. The molecule has 76 valence electrons. The highest BCUT2D eigenvalue weighted by Crippen LogP contribution is 2.31. The lowest BCUT2D eigenvalue weighted by atomic mass is 9.89. The van der Waals surface area contributed by atoms with E-state index in [1.807, 2.05) is 6.08 Å². The highest BCUT2D eigenvalue weighted by Gasteiger charge is 2.12. The molecule has 0 fully saturated rings. The van der Waals surface area contributed by atoms with Crippen molar-refractivity contribution in [3.63, 3.8) is 0 Å². The van der Waals surface area contributed by atoms with Crippen LogP contribution in [0.2, 0.25) is 0 Å². The van der Waals surface area contributed by atoms with Gasteiger partial charge in [0.15, 0.2) is 0 Å². The van der Waals surface area contributed by atoms with Crippen molar-refractivity contribution < 1.29 is 0 Å². The van der Waals surface area contributed by atoms with Gasteiger partial charge in [-0.2, -0.15) is 5.26 Å². The van der Waals surface area contributed by atoms with Gasteiger partial charge >= 0.3 is 0 Å². The van der Waals surface area contributed by atoms with E-state index in [1.165, 1.54) is 15.6 Å². The topological polar surface area (TPSA) is 23.8 Å². The minimum atomic E-state index is 0.890. The molecule has 0 amide bonds. The van der Waals surface area contributed by atoms with E-state index in [2.05, 4.69) is 40.2 Å². The molecule has 0 aromatic carbocycles. The number of hydrogen-bond donors (Lipinski definition) is 0.